The van der Waals surface area contributed by atoms with Gasteiger partial charge in [-0.05, 0) is 35.9 Å². The molecule has 2 aliphatic rings. The third-order valence-electron chi connectivity index (χ3n) is 4.22. The number of rotatable bonds is 4. The van der Waals surface area contributed by atoms with Crippen LogP contribution in [0.15, 0.2) is 76.3 Å². The van der Waals surface area contributed by atoms with E-state index < -0.39 is 12.2 Å². The number of allylic oxidation sites excluding steroid dienone is 2. The van der Waals surface area contributed by atoms with Crippen LogP contribution in [-0.2, 0) is 15.1 Å². The van der Waals surface area contributed by atoms with Crippen molar-refractivity contribution in [2.24, 2.45) is 16.5 Å². The molecular weight excluding hydrogens is 476 g/mol. The minimum absolute atomic E-state index is 0.160. The molecule has 0 saturated heterocycles. The van der Waals surface area contributed by atoms with Gasteiger partial charge in [0.2, 0.25) is 5.88 Å². The van der Waals surface area contributed by atoms with Gasteiger partial charge in [0, 0.05) is 22.3 Å². The second-order valence-electron chi connectivity index (χ2n) is 6.40. The molecule has 1 aromatic heterocycles. The molecule has 1 aromatic carbocycles. The molecule has 11 heteroatoms. The van der Waals surface area contributed by atoms with Crippen LogP contribution >= 0.6 is 15.9 Å². The summed E-state index contributed by atoms with van der Waals surface area (Å²) < 4.78 is 35.3. The van der Waals surface area contributed by atoms with Crippen LogP contribution in [0.1, 0.15) is 11.1 Å². The molecule has 0 spiro atoms. The van der Waals surface area contributed by atoms with Gasteiger partial charge in [-0.25, -0.2) is 10.5 Å². The molecule has 1 atom stereocenters. The normalized spacial score (nSPS) is 19.9. The quantitative estimate of drug-likeness (QED) is 0.596. The highest BCUT2D eigenvalue weighted by Crippen LogP contribution is 2.37. The van der Waals surface area contributed by atoms with Crippen LogP contribution in [0, 0.1) is 0 Å². The van der Waals surface area contributed by atoms with Gasteiger partial charge in [-0.2, -0.15) is 8.78 Å². The SMILES string of the molecule is NC1=CC=CON1.NC1=NC(c2ccc(OC(F)F)nc2)(c2cccc(Br)c2)COC1. The third-order valence-corrected chi connectivity index (χ3v) is 4.71. The molecular formula is C20H20BrF2N5O3. The fourth-order valence-corrected chi connectivity index (χ4v) is 3.32. The number of benzene rings is 1. The van der Waals surface area contributed by atoms with E-state index in [2.05, 4.69) is 41.0 Å². The van der Waals surface area contributed by atoms with Gasteiger partial charge < -0.3 is 25.8 Å². The Kier molecular flexibility index (Phi) is 7.42. The lowest BCUT2D eigenvalue weighted by Gasteiger charge is -2.34. The first-order valence-electron chi connectivity index (χ1n) is 9.02. The van der Waals surface area contributed by atoms with Gasteiger partial charge in [-0.3, -0.25) is 4.99 Å². The number of nitrogens with zero attached hydrogens (tertiary/aromatic N) is 2. The maximum absolute atomic E-state index is 12.3. The van der Waals surface area contributed by atoms with E-state index in [1.807, 2.05) is 24.3 Å². The van der Waals surface area contributed by atoms with E-state index in [4.69, 9.17) is 16.2 Å². The molecule has 0 aliphatic carbocycles. The number of hydrogen-bond acceptors (Lipinski definition) is 8. The number of nitrogens with two attached hydrogens (primary N) is 2. The number of aromatic nitrogens is 1. The summed E-state index contributed by atoms with van der Waals surface area (Å²) in [6.45, 7) is -2.41. The maximum Gasteiger partial charge on any atom is 0.388 e. The topological polar surface area (TPSA) is 117 Å². The van der Waals surface area contributed by atoms with Crippen molar-refractivity contribution in [2.75, 3.05) is 13.2 Å². The summed E-state index contributed by atoms with van der Waals surface area (Å²) in [4.78, 5) is 13.1. The van der Waals surface area contributed by atoms with Gasteiger partial charge >= 0.3 is 6.61 Å². The first-order chi connectivity index (χ1) is 14.9. The minimum Gasteiger partial charge on any atom is -0.417 e. The molecule has 0 saturated carbocycles. The smallest absolute Gasteiger partial charge is 0.388 e. The molecule has 3 heterocycles. The Morgan fingerprint density at radius 3 is 2.58 bits per heavy atom. The molecule has 2 aromatic rings. The molecule has 0 amide bonds. The van der Waals surface area contributed by atoms with Crippen LogP contribution in [0.5, 0.6) is 5.88 Å². The zero-order valence-electron chi connectivity index (χ0n) is 16.2. The van der Waals surface area contributed by atoms with Gasteiger partial charge in [-0.15, -0.1) is 0 Å². The fourth-order valence-electron chi connectivity index (χ4n) is 2.93. The van der Waals surface area contributed by atoms with Crippen LogP contribution in [0.3, 0.4) is 0 Å². The van der Waals surface area contributed by atoms with Crippen LogP contribution in [0.25, 0.3) is 0 Å². The summed E-state index contributed by atoms with van der Waals surface area (Å²) in [7, 11) is 0. The van der Waals surface area contributed by atoms with Crippen molar-refractivity contribution >= 4 is 21.8 Å². The van der Waals surface area contributed by atoms with E-state index >= 15 is 0 Å². The number of nitrogens with one attached hydrogen (secondary N) is 1. The summed E-state index contributed by atoms with van der Waals surface area (Å²) >= 11 is 3.44. The van der Waals surface area contributed by atoms with Crippen molar-refractivity contribution < 1.29 is 23.1 Å². The van der Waals surface area contributed by atoms with Crippen LogP contribution in [0.2, 0.25) is 0 Å². The highest BCUT2D eigenvalue weighted by Gasteiger charge is 2.37. The highest BCUT2D eigenvalue weighted by atomic mass is 79.9. The van der Waals surface area contributed by atoms with E-state index in [-0.39, 0.29) is 19.1 Å². The Labute approximate surface area is 185 Å². The molecule has 1 unspecified atom stereocenters. The standard InChI is InChI=1S/C16H14BrF2N3O2.C4H6N2O/c17-12-3-1-2-10(6-12)16(9-23-8-13(20)22-16)11-4-5-14(21-7-11)24-15(18)19;5-4-2-1-3-7-6-4/h1-7,15H,8-9H2,(H2,20,22);1-3,6H,5H2. The second-order valence-corrected chi connectivity index (χ2v) is 7.32. The molecule has 0 fully saturated rings. The molecule has 0 radical (unpaired) electrons. The lowest BCUT2D eigenvalue weighted by atomic mass is 9.84. The predicted molar refractivity (Wildman–Crippen MR) is 114 cm³/mol. The van der Waals surface area contributed by atoms with Crippen molar-refractivity contribution in [2.45, 2.75) is 12.2 Å². The number of pyridine rings is 1. The summed E-state index contributed by atoms with van der Waals surface area (Å²) in [5, 5.41) is 0. The van der Waals surface area contributed by atoms with Crippen molar-refractivity contribution in [1.82, 2.24) is 10.5 Å². The first-order valence-corrected chi connectivity index (χ1v) is 9.81. The molecule has 31 heavy (non-hydrogen) atoms. The Balaban J connectivity index is 0.000000330. The maximum atomic E-state index is 12.3. The molecule has 164 valence electrons. The number of aliphatic imine (C=N–C) groups is 1. The number of halogens is 3. The number of hydroxylamine groups is 1. The Morgan fingerprint density at radius 2 is 2.03 bits per heavy atom. The monoisotopic (exact) mass is 495 g/mol. The Hall–Kier alpha value is -3.18. The molecule has 0 bridgehead atoms. The highest BCUT2D eigenvalue weighted by molar-refractivity contribution is 9.10. The number of alkyl halides is 2. The lowest BCUT2D eigenvalue weighted by molar-refractivity contribution is -0.0528. The van der Waals surface area contributed by atoms with E-state index in [1.165, 1.54) is 18.5 Å². The van der Waals surface area contributed by atoms with Crippen molar-refractivity contribution in [3.05, 3.63) is 82.4 Å². The van der Waals surface area contributed by atoms with E-state index in [9.17, 15) is 8.78 Å². The van der Waals surface area contributed by atoms with E-state index in [0.717, 1.165) is 10.0 Å². The average molecular weight is 496 g/mol. The van der Waals surface area contributed by atoms with Gasteiger partial charge in [0.05, 0.1) is 6.61 Å². The lowest BCUT2D eigenvalue weighted by Crippen LogP contribution is -2.40. The molecule has 2 aliphatic heterocycles. The number of hydrogen-bond donors (Lipinski definition) is 3. The molecule has 8 nitrogen and oxygen atoms in total. The number of amidine groups is 1. The molecule has 4 rings (SSSR count). The van der Waals surface area contributed by atoms with Crippen molar-refractivity contribution in [3.63, 3.8) is 0 Å². The summed E-state index contributed by atoms with van der Waals surface area (Å²) in [6, 6.07) is 10.6. The summed E-state index contributed by atoms with van der Waals surface area (Å²) in [5.74, 6) is 0.725. The van der Waals surface area contributed by atoms with Crippen molar-refractivity contribution in [1.29, 1.82) is 0 Å². The zero-order valence-corrected chi connectivity index (χ0v) is 17.8. The molecule has 5 N–H and O–H groups in total. The van der Waals surface area contributed by atoms with E-state index in [1.54, 1.807) is 18.2 Å². The van der Waals surface area contributed by atoms with Gasteiger partial charge in [0.1, 0.15) is 30.1 Å². The van der Waals surface area contributed by atoms with Crippen LogP contribution < -0.4 is 21.7 Å². The van der Waals surface area contributed by atoms with E-state index in [0.29, 0.717) is 17.2 Å². The largest absolute Gasteiger partial charge is 0.417 e. The zero-order chi connectivity index (χ0) is 22.3. The van der Waals surface area contributed by atoms with Gasteiger partial charge in [0.15, 0.2) is 0 Å². The first kappa shape index (κ1) is 22.5. The minimum atomic E-state index is -2.92. The van der Waals surface area contributed by atoms with Crippen molar-refractivity contribution in [3.8, 4) is 5.88 Å². The van der Waals surface area contributed by atoms with Gasteiger partial charge in [-0.1, -0.05) is 28.1 Å². The summed E-state index contributed by atoms with van der Waals surface area (Å²) in [6.07, 6.45) is 6.38. The fraction of sp³-hybridized carbons (Fsp3) is 0.200. The van der Waals surface area contributed by atoms with Crippen LogP contribution in [-0.4, -0.2) is 30.6 Å². The third kappa shape index (κ3) is 5.92. The average Bonchev–Trinajstić information content (AvgIpc) is 2.75. The predicted octanol–water partition coefficient (Wildman–Crippen LogP) is 2.91. The summed E-state index contributed by atoms with van der Waals surface area (Å²) in [5.41, 5.74) is 14.2. The van der Waals surface area contributed by atoms with Gasteiger partial charge in [0.25, 0.3) is 0 Å². The number of ether oxygens (including phenoxy) is 2. The Morgan fingerprint density at radius 1 is 1.19 bits per heavy atom. The van der Waals surface area contributed by atoms with Crippen LogP contribution in [0.4, 0.5) is 8.78 Å². The Bertz CT molecular complexity index is 985. The second kappa shape index (κ2) is 10.2.